The maximum Gasteiger partial charge on any atom is 0.472 e. The zero-order valence-electron chi connectivity index (χ0n) is 65.0. The molecule has 2 unspecified atom stereocenters. The molecule has 3 N–H and O–H groups in total. The number of phosphoric acid groups is 1. The Bertz CT molecular complexity index is 1840. The fraction of sp³-hybridized carbons (Fsp3) is 0.841. The Morgan fingerprint density at radius 3 is 0.837 bits per heavy atom. The van der Waals surface area contributed by atoms with E-state index in [-0.39, 0.29) is 38.6 Å². The van der Waals surface area contributed by atoms with Gasteiger partial charge in [0, 0.05) is 19.4 Å². The Morgan fingerprint density at radius 1 is 0.316 bits per heavy atom. The fourth-order valence-corrected chi connectivity index (χ4v) is 13.8. The molecule has 9 nitrogen and oxygen atoms in total. The van der Waals surface area contributed by atoms with Gasteiger partial charge in [-0.2, -0.15) is 0 Å². The monoisotopic (exact) mass is 1390 g/mol. The number of ether oxygens (including phenoxy) is 2. The van der Waals surface area contributed by atoms with Crippen molar-refractivity contribution >= 4 is 19.8 Å². The van der Waals surface area contributed by atoms with Gasteiger partial charge in [-0.25, -0.2) is 4.57 Å². The predicted octanol–water partition coefficient (Wildman–Crippen LogP) is 29.0. The van der Waals surface area contributed by atoms with E-state index in [1.54, 1.807) is 0 Å². The van der Waals surface area contributed by atoms with Crippen LogP contribution in [-0.2, 0) is 32.7 Å². The van der Waals surface area contributed by atoms with Crippen LogP contribution in [0.15, 0.2) is 72.9 Å². The van der Waals surface area contributed by atoms with Crippen LogP contribution in [0.1, 0.15) is 444 Å². The molecular formula is C88H164NO8P. The van der Waals surface area contributed by atoms with Crippen molar-refractivity contribution in [2.45, 2.75) is 450 Å². The number of carbonyl (C=O) groups excluding carboxylic acids is 2. The topological polar surface area (TPSA) is 134 Å². The molecule has 0 aliphatic carbocycles. The van der Waals surface area contributed by atoms with Gasteiger partial charge in [-0.1, -0.05) is 440 Å². The van der Waals surface area contributed by atoms with Crippen molar-refractivity contribution in [1.29, 1.82) is 0 Å². The largest absolute Gasteiger partial charge is 0.472 e. The molecule has 0 aliphatic rings. The van der Waals surface area contributed by atoms with Crippen LogP contribution < -0.4 is 5.73 Å². The molecular weight excluding hydrogens is 1230 g/mol. The highest BCUT2D eigenvalue weighted by atomic mass is 31.2. The molecule has 0 aliphatic heterocycles. The lowest BCUT2D eigenvalue weighted by Gasteiger charge is -2.19. The lowest BCUT2D eigenvalue weighted by atomic mass is 10.0. The van der Waals surface area contributed by atoms with Crippen LogP contribution in [0.2, 0.25) is 0 Å². The van der Waals surface area contributed by atoms with Gasteiger partial charge in [0.15, 0.2) is 6.10 Å². The summed E-state index contributed by atoms with van der Waals surface area (Å²) in [4.78, 5) is 35.5. The maximum absolute atomic E-state index is 12.8. The molecule has 0 bridgehead atoms. The molecule has 0 spiro atoms. The normalized spacial score (nSPS) is 13.1. The van der Waals surface area contributed by atoms with E-state index in [9.17, 15) is 19.0 Å². The number of unbranched alkanes of at least 4 members (excludes halogenated alkanes) is 57. The SMILES string of the molecule is CC/C=C\C/C=C\C/C=C\C/C=C\C/C=C\C/C=C\CCCCCCCCCCCCCCCCCCCCCCC(=O)OC(COC(=O)CCCCCCCCCCCCCCCCCCCCCCCCCCCCCCCCCCCCCCCC)COP(=O)(O)OCCN. The first-order valence-corrected chi connectivity index (χ1v) is 44.4. The number of hydrogen-bond acceptors (Lipinski definition) is 8. The molecule has 10 heteroatoms. The Kier molecular flexibility index (Phi) is 81.2. The second-order valence-corrected chi connectivity index (χ2v) is 30.5. The average molecular weight is 1400 g/mol. The van der Waals surface area contributed by atoms with Crippen molar-refractivity contribution in [3.63, 3.8) is 0 Å². The number of esters is 2. The molecule has 0 saturated carbocycles. The van der Waals surface area contributed by atoms with Crippen molar-refractivity contribution in [3.05, 3.63) is 72.9 Å². The highest BCUT2D eigenvalue weighted by molar-refractivity contribution is 7.47. The third-order valence-electron chi connectivity index (χ3n) is 19.4. The van der Waals surface area contributed by atoms with Gasteiger partial charge in [-0.05, 0) is 64.2 Å². The molecule has 0 fully saturated rings. The van der Waals surface area contributed by atoms with Crippen LogP contribution in [0.5, 0.6) is 0 Å². The van der Waals surface area contributed by atoms with Crippen LogP contribution in [0, 0.1) is 0 Å². The average Bonchev–Trinajstić information content (AvgIpc) is 1.28. The summed E-state index contributed by atoms with van der Waals surface area (Å²) in [5.41, 5.74) is 5.42. The van der Waals surface area contributed by atoms with E-state index in [0.29, 0.717) is 6.42 Å². The quantitative estimate of drug-likeness (QED) is 0.0264. The molecule has 0 amide bonds. The number of rotatable bonds is 82. The first kappa shape index (κ1) is 95.5. The Hall–Kier alpha value is -2.55. The minimum Gasteiger partial charge on any atom is -0.462 e. The Balaban J connectivity index is 3.73. The first-order valence-electron chi connectivity index (χ1n) is 42.9. The number of carbonyl (C=O) groups is 2. The molecule has 98 heavy (non-hydrogen) atoms. The molecule has 0 aromatic heterocycles. The number of allylic oxidation sites excluding steroid dienone is 12. The molecule has 0 radical (unpaired) electrons. The van der Waals surface area contributed by atoms with E-state index in [4.69, 9.17) is 24.3 Å². The minimum atomic E-state index is -4.40. The van der Waals surface area contributed by atoms with Crippen molar-refractivity contribution in [3.8, 4) is 0 Å². The van der Waals surface area contributed by atoms with Gasteiger partial charge in [0.2, 0.25) is 0 Å². The molecule has 574 valence electrons. The second-order valence-electron chi connectivity index (χ2n) is 29.0. The summed E-state index contributed by atoms with van der Waals surface area (Å²) < 4.78 is 33.3. The van der Waals surface area contributed by atoms with Gasteiger partial charge in [0.05, 0.1) is 13.2 Å². The van der Waals surface area contributed by atoms with Gasteiger partial charge in [0.1, 0.15) is 6.61 Å². The van der Waals surface area contributed by atoms with Gasteiger partial charge < -0.3 is 20.1 Å². The summed E-state index contributed by atoms with van der Waals surface area (Å²) in [6.07, 6.45) is 112. The van der Waals surface area contributed by atoms with E-state index in [1.165, 1.54) is 340 Å². The van der Waals surface area contributed by atoms with E-state index >= 15 is 0 Å². The third-order valence-corrected chi connectivity index (χ3v) is 20.3. The van der Waals surface area contributed by atoms with Crippen LogP contribution in [0.25, 0.3) is 0 Å². The number of nitrogens with two attached hydrogens (primary N) is 1. The minimum absolute atomic E-state index is 0.0551. The van der Waals surface area contributed by atoms with Crippen molar-refractivity contribution in [1.82, 2.24) is 0 Å². The highest BCUT2D eigenvalue weighted by Gasteiger charge is 2.26. The van der Waals surface area contributed by atoms with E-state index in [2.05, 4.69) is 86.8 Å². The molecule has 2 atom stereocenters. The molecule has 0 aromatic carbocycles. The molecule has 0 heterocycles. The third kappa shape index (κ3) is 82.4. The van der Waals surface area contributed by atoms with Crippen LogP contribution in [0.4, 0.5) is 0 Å². The predicted molar refractivity (Wildman–Crippen MR) is 427 cm³/mol. The summed E-state index contributed by atoms with van der Waals surface area (Å²) >= 11 is 0. The standard InChI is InChI=1S/C88H164NO8P/c1-3-5-7-9-11-13-15-17-19-21-23-25-27-29-31-33-35-37-39-41-43-45-47-49-51-53-55-57-59-61-63-65-67-69-71-73-75-77-79-81-88(91)97-86(85-96-98(92,93)95-83-82-89)84-94-87(90)80-78-76-74-72-70-68-66-64-62-60-58-56-54-52-50-48-46-44-42-40-38-36-34-32-30-28-26-24-22-20-18-16-14-12-10-8-6-4-2/h5,7,11,13,17,19,23,25,29,31,35,37,86H,3-4,6,8-10,12,14-16,18,20-22,24,26-28,30,32-34,36,38-85,89H2,1-2H3,(H,92,93)/b7-5-,13-11-,19-17-,25-23-,31-29-,37-35-. The summed E-state index contributed by atoms with van der Waals surface area (Å²) in [5.74, 6) is -0.803. The molecule has 0 aromatic rings. The molecule has 0 saturated heterocycles. The van der Waals surface area contributed by atoms with Gasteiger partial charge in [-0.3, -0.25) is 18.6 Å². The number of hydrogen-bond donors (Lipinski definition) is 2. The van der Waals surface area contributed by atoms with Crippen LogP contribution in [0.3, 0.4) is 0 Å². The summed E-state index contributed by atoms with van der Waals surface area (Å²) in [6, 6.07) is 0. The van der Waals surface area contributed by atoms with Crippen molar-refractivity contribution in [2.24, 2.45) is 5.73 Å². The van der Waals surface area contributed by atoms with E-state index in [1.807, 2.05) is 0 Å². The van der Waals surface area contributed by atoms with Crippen molar-refractivity contribution < 1.29 is 37.6 Å². The van der Waals surface area contributed by atoms with Crippen LogP contribution >= 0.6 is 7.82 Å². The first-order chi connectivity index (χ1) is 48.3. The van der Waals surface area contributed by atoms with Gasteiger partial charge in [-0.15, -0.1) is 0 Å². The summed E-state index contributed by atoms with van der Waals surface area (Å²) in [6.45, 7) is 3.71. The second kappa shape index (κ2) is 83.4. The summed E-state index contributed by atoms with van der Waals surface area (Å²) in [7, 11) is -4.40. The highest BCUT2D eigenvalue weighted by Crippen LogP contribution is 2.43. The van der Waals surface area contributed by atoms with Gasteiger partial charge >= 0.3 is 19.8 Å². The maximum atomic E-state index is 12.8. The fourth-order valence-electron chi connectivity index (χ4n) is 13.1. The zero-order valence-corrected chi connectivity index (χ0v) is 65.9. The Labute approximate surface area is 609 Å². The molecule has 0 rings (SSSR count). The van der Waals surface area contributed by atoms with E-state index < -0.39 is 26.5 Å². The Morgan fingerprint density at radius 2 is 0.561 bits per heavy atom. The summed E-state index contributed by atoms with van der Waals surface area (Å²) in [5, 5.41) is 0. The van der Waals surface area contributed by atoms with Crippen molar-refractivity contribution in [2.75, 3.05) is 26.4 Å². The zero-order chi connectivity index (χ0) is 70.8. The lowest BCUT2D eigenvalue weighted by molar-refractivity contribution is -0.161. The van der Waals surface area contributed by atoms with E-state index in [0.717, 1.165) is 70.6 Å². The van der Waals surface area contributed by atoms with Crippen LogP contribution in [-0.4, -0.2) is 49.3 Å². The van der Waals surface area contributed by atoms with Gasteiger partial charge in [0.25, 0.3) is 0 Å². The smallest absolute Gasteiger partial charge is 0.462 e. The number of phosphoric ester groups is 1. The lowest BCUT2D eigenvalue weighted by Crippen LogP contribution is -2.29.